The molecule has 0 aliphatic carbocycles. The number of rotatable bonds is 6. The standard InChI is InChI=1S/C16H22N4O5/c1-24-12-3-2-4-13(9-12)25-11-16(23)20-7-5-19(6-8-20)15(22)10-14(21)18-17/h2-4,9H,5-8,10-11,17H2,1H3,(H,18,21). The fourth-order valence-corrected chi connectivity index (χ4v) is 2.43. The number of hydrazine groups is 1. The third-order valence-corrected chi connectivity index (χ3v) is 3.86. The minimum absolute atomic E-state index is 0.0866. The fourth-order valence-electron chi connectivity index (χ4n) is 2.43. The highest BCUT2D eigenvalue weighted by atomic mass is 16.5. The van der Waals surface area contributed by atoms with Gasteiger partial charge >= 0.3 is 0 Å². The van der Waals surface area contributed by atoms with E-state index in [1.54, 1.807) is 41.2 Å². The maximum Gasteiger partial charge on any atom is 0.260 e. The molecule has 0 spiro atoms. The summed E-state index contributed by atoms with van der Waals surface area (Å²) in [5.74, 6) is 5.17. The zero-order valence-corrected chi connectivity index (χ0v) is 14.1. The molecule has 1 aromatic rings. The van der Waals surface area contributed by atoms with Crippen molar-refractivity contribution in [3.05, 3.63) is 24.3 Å². The molecule has 1 aliphatic rings. The van der Waals surface area contributed by atoms with Crippen molar-refractivity contribution in [1.29, 1.82) is 0 Å². The predicted octanol–water partition coefficient (Wildman–Crippen LogP) is -0.875. The molecule has 0 aromatic heterocycles. The SMILES string of the molecule is COc1cccc(OCC(=O)N2CCN(C(=O)CC(=O)NN)CC2)c1. The van der Waals surface area contributed by atoms with Gasteiger partial charge in [-0.3, -0.25) is 19.8 Å². The van der Waals surface area contributed by atoms with Crippen LogP contribution < -0.4 is 20.7 Å². The van der Waals surface area contributed by atoms with Crippen LogP contribution in [0, 0.1) is 0 Å². The quantitative estimate of drug-likeness (QED) is 0.298. The number of nitrogens with two attached hydrogens (primary N) is 1. The number of hydrogen-bond acceptors (Lipinski definition) is 6. The Labute approximate surface area is 145 Å². The summed E-state index contributed by atoms with van der Waals surface area (Å²) in [6.07, 6.45) is -0.288. The van der Waals surface area contributed by atoms with Gasteiger partial charge in [0.2, 0.25) is 11.8 Å². The lowest BCUT2D eigenvalue weighted by atomic mass is 10.2. The third-order valence-electron chi connectivity index (χ3n) is 3.86. The fraction of sp³-hybridized carbons (Fsp3) is 0.438. The Kier molecular flexibility index (Phi) is 6.58. The van der Waals surface area contributed by atoms with Crippen LogP contribution in [-0.2, 0) is 14.4 Å². The molecule has 3 N–H and O–H groups in total. The van der Waals surface area contributed by atoms with Gasteiger partial charge in [-0.15, -0.1) is 0 Å². The van der Waals surface area contributed by atoms with Gasteiger partial charge in [0.1, 0.15) is 17.9 Å². The van der Waals surface area contributed by atoms with Crippen LogP contribution in [0.3, 0.4) is 0 Å². The Bertz CT molecular complexity index is 629. The maximum absolute atomic E-state index is 12.2. The highest BCUT2D eigenvalue weighted by Gasteiger charge is 2.25. The molecule has 3 amide bonds. The number of ether oxygens (including phenoxy) is 2. The molecule has 9 heteroatoms. The number of carbonyl (C=O) groups is 3. The van der Waals surface area contributed by atoms with Crippen molar-refractivity contribution in [3.8, 4) is 11.5 Å². The van der Waals surface area contributed by atoms with Crippen LogP contribution in [0.25, 0.3) is 0 Å². The predicted molar refractivity (Wildman–Crippen MR) is 88.6 cm³/mol. The molecule has 136 valence electrons. The van der Waals surface area contributed by atoms with Gasteiger partial charge in [0.05, 0.1) is 7.11 Å². The lowest BCUT2D eigenvalue weighted by Gasteiger charge is -2.34. The number of hydrogen-bond donors (Lipinski definition) is 2. The van der Waals surface area contributed by atoms with Crippen molar-refractivity contribution in [2.75, 3.05) is 39.9 Å². The van der Waals surface area contributed by atoms with E-state index in [9.17, 15) is 14.4 Å². The average molecular weight is 350 g/mol. The van der Waals surface area contributed by atoms with E-state index in [-0.39, 0.29) is 24.8 Å². The number of methoxy groups -OCH3 is 1. The summed E-state index contributed by atoms with van der Waals surface area (Å²) in [6, 6.07) is 7.01. The van der Waals surface area contributed by atoms with Crippen LogP contribution in [0.2, 0.25) is 0 Å². The summed E-state index contributed by atoms with van der Waals surface area (Å²) < 4.78 is 10.6. The summed E-state index contributed by atoms with van der Waals surface area (Å²) in [4.78, 5) is 38.4. The van der Waals surface area contributed by atoms with Crippen LogP contribution in [-0.4, -0.2) is 67.4 Å². The molecule has 0 saturated carbocycles. The van der Waals surface area contributed by atoms with E-state index in [2.05, 4.69) is 0 Å². The van der Waals surface area contributed by atoms with Crippen molar-refractivity contribution in [2.45, 2.75) is 6.42 Å². The minimum atomic E-state index is -0.532. The molecule has 25 heavy (non-hydrogen) atoms. The summed E-state index contributed by atoms with van der Waals surface area (Å²) in [7, 11) is 1.56. The Morgan fingerprint density at radius 2 is 1.68 bits per heavy atom. The molecular formula is C16H22N4O5. The van der Waals surface area contributed by atoms with Crippen LogP contribution in [0.15, 0.2) is 24.3 Å². The molecule has 1 fully saturated rings. The first kappa shape index (κ1) is 18.5. The highest BCUT2D eigenvalue weighted by Crippen LogP contribution is 2.18. The Morgan fingerprint density at radius 3 is 2.28 bits per heavy atom. The zero-order chi connectivity index (χ0) is 18.2. The number of amides is 3. The lowest BCUT2D eigenvalue weighted by molar-refractivity contribution is -0.142. The van der Waals surface area contributed by atoms with E-state index in [1.165, 1.54) is 0 Å². The van der Waals surface area contributed by atoms with Crippen LogP contribution >= 0.6 is 0 Å². The molecule has 0 atom stereocenters. The smallest absolute Gasteiger partial charge is 0.260 e. The normalized spacial score (nSPS) is 14.0. The van der Waals surface area contributed by atoms with Crippen molar-refractivity contribution < 1.29 is 23.9 Å². The van der Waals surface area contributed by atoms with E-state index < -0.39 is 5.91 Å². The van der Waals surface area contributed by atoms with Crippen LogP contribution in [0.1, 0.15) is 6.42 Å². The second kappa shape index (κ2) is 8.88. The van der Waals surface area contributed by atoms with E-state index in [1.807, 2.05) is 5.43 Å². The van der Waals surface area contributed by atoms with E-state index >= 15 is 0 Å². The molecule has 1 aliphatic heterocycles. The Hall–Kier alpha value is -2.81. The van der Waals surface area contributed by atoms with Gasteiger partial charge in [0.25, 0.3) is 5.91 Å². The summed E-state index contributed by atoms with van der Waals surface area (Å²) >= 11 is 0. The molecule has 1 saturated heterocycles. The number of carbonyl (C=O) groups excluding carboxylic acids is 3. The summed E-state index contributed by atoms with van der Waals surface area (Å²) in [5, 5.41) is 0. The highest BCUT2D eigenvalue weighted by molar-refractivity contribution is 5.96. The number of benzene rings is 1. The molecule has 2 rings (SSSR count). The minimum Gasteiger partial charge on any atom is -0.497 e. The van der Waals surface area contributed by atoms with Gasteiger partial charge in [0.15, 0.2) is 6.61 Å². The second-order valence-corrected chi connectivity index (χ2v) is 5.47. The molecule has 0 unspecified atom stereocenters. The molecule has 0 bridgehead atoms. The van der Waals surface area contributed by atoms with Gasteiger partial charge in [-0.2, -0.15) is 0 Å². The third kappa shape index (κ3) is 5.35. The van der Waals surface area contributed by atoms with Crippen LogP contribution in [0.4, 0.5) is 0 Å². The van der Waals surface area contributed by atoms with E-state index in [4.69, 9.17) is 15.3 Å². The molecule has 1 heterocycles. The number of nitrogens with one attached hydrogen (secondary N) is 1. The van der Waals surface area contributed by atoms with E-state index in [0.29, 0.717) is 37.7 Å². The summed E-state index contributed by atoms with van der Waals surface area (Å²) in [6.45, 7) is 1.46. The topological polar surface area (TPSA) is 114 Å². The lowest BCUT2D eigenvalue weighted by Crippen LogP contribution is -2.52. The van der Waals surface area contributed by atoms with Crippen LogP contribution in [0.5, 0.6) is 11.5 Å². The van der Waals surface area contributed by atoms with Gasteiger partial charge in [-0.05, 0) is 12.1 Å². The zero-order valence-electron chi connectivity index (χ0n) is 14.1. The van der Waals surface area contributed by atoms with Crippen molar-refractivity contribution in [3.63, 3.8) is 0 Å². The van der Waals surface area contributed by atoms with Crippen molar-refractivity contribution in [2.24, 2.45) is 5.84 Å². The molecule has 9 nitrogen and oxygen atoms in total. The van der Waals surface area contributed by atoms with Crippen molar-refractivity contribution in [1.82, 2.24) is 15.2 Å². The maximum atomic E-state index is 12.2. The first-order valence-corrected chi connectivity index (χ1v) is 7.85. The van der Waals surface area contributed by atoms with Gasteiger partial charge < -0.3 is 19.3 Å². The van der Waals surface area contributed by atoms with Gasteiger partial charge in [-0.25, -0.2) is 5.84 Å². The number of nitrogens with zero attached hydrogens (tertiary/aromatic N) is 2. The molecule has 0 radical (unpaired) electrons. The summed E-state index contributed by atoms with van der Waals surface area (Å²) in [5.41, 5.74) is 1.93. The first-order valence-electron chi connectivity index (χ1n) is 7.85. The molecular weight excluding hydrogens is 328 g/mol. The molecule has 1 aromatic carbocycles. The number of piperazine rings is 1. The van der Waals surface area contributed by atoms with E-state index in [0.717, 1.165) is 0 Å². The average Bonchev–Trinajstić information content (AvgIpc) is 2.66. The monoisotopic (exact) mass is 350 g/mol. The van der Waals surface area contributed by atoms with Crippen molar-refractivity contribution >= 4 is 17.7 Å². The first-order chi connectivity index (χ1) is 12.0. The van der Waals surface area contributed by atoms with Gasteiger partial charge in [0, 0.05) is 32.2 Å². The van der Waals surface area contributed by atoms with Gasteiger partial charge in [-0.1, -0.05) is 6.07 Å². The Morgan fingerprint density at radius 1 is 1.08 bits per heavy atom. The Balaban J connectivity index is 1.77. The second-order valence-electron chi connectivity index (χ2n) is 5.47. The largest absolute Gasteiger partial charge is 0.497 e.